The maximum absolute atomic E-state index is 12.9. The summed E-state index contributed by atoms with van der Waals surface area (Å²) in [5.74, 6) is -1.41. The van der Waals surface area contributed by atoms with E-state index in [1.54, 1.807) is 19.1 Å². The number of carbonyl (C=O) groups excluding carboxylic acids is 1. The van der Waals surface area contributed by atoms with Crippen LogP contribution in [0.5, 0.6) is 0 Å². The Hall–Kier alpha value is -3.50. The molecular formula is C22H18ClF3N6O3S. The molecule has 0 saturated heterocycles. The van der Waals surface area contributed by atoms with Gasteiger partial charge in [0.2, 0.25) is 0 Å². The van der Waals surface area contributed by atoms with Gasteiger partial charge in [0.05, 0.1) is 16.5 Å². The number of amides is 1. The molecule has 1 amide bonds. The number of hydrogen-bond donors (Lipinski definition) is 1. The minimum absolute atomic E-state index is 0.181. The Bertz CT molecular complexity index is 1460. The number of nitrogens with zero attached hydrogens (tertiary/aromatic N) is 5. The van der Waals surface area contributed by atoms with Crippen LogP contribution in [0.4, 0.5) is 13.2 Å². The Morgan fingerprint density at radius 3 is 2.61 bits per heavy atom. The summed E-state index contributed by atoms with van der Waals surface area (Å²) in [7, 11) is -4.77. The third-order valence-electron chi connectivity index (χ3n) is 5.27. The number of nitriles is 1. The van der Waals surface area contributed by atoms with Crippen LogP contribution in [0.3, 0.4) is 0 Å². The second kappa shape index (κ2) is 9.51. The molecule has 1 atom stereocenters. The van der Waals surface area contributed by atoms with Crippen molar-refractivity contribution < 1.29 is 26.4 Å². The van der Waals surface area contributed by atoms with E-state index in [4.69, 9.17) is 16.9 Å². The summed E-state index contributed by atoms with van der Waals surface area (Å²) in [5, 5.41) is 15.9. The van der Waals surface area contributed by atoms with Gasteiger partial charge in [0.1, 0.15) is 6.07 Å². The molecule has 2 aromatic heterocycles. The normalized spacial score (nSPS) is 14.8. The van der Waals surface area contributed by atoms with E-state index in [0.717, 1.165) is 31.0 Å². The number of rotatable bonds is 7. The monoisotopic (exact) mass is 538 g/mol. The molecule has 0 bridgehead atoms. The molecule has 0 aliphatic heterocycles. The number of nitrogens with one attached hydrogen (secondary N) is 1. The predicted octanol–water partition coefficient (Wildman–Crippen LogP) is 3.89. The number of carbonyl (C=O) groups is 1. The highest BCUT2D eigenvalue weighted by Gasteiger charge is 2.36. The number of hydrogen-bond acceptors (Lipinski definition) is 7. The van der Waals surface area contributed by atoms with Gasteiger partial charge < -0.3 is 5.32 Å². The first-order valence-electron chi connectivity index (χ1n) is 10.6. The van der Waals surface area contributed by atoms with Gasteiger partial charge in [-0.2, -0.15) is 23.1 Å². The number of aromatic nitrogens is 4. The molecule has 1 aromatic carbocycles. The molecule has 0 radical (unpaired) electrons. The molecule has 36 heavy (non-hydrogen) atoms. The molecule has 0 spiro atoms. The van der Waals surface area contributed by atoms with Gasteiger partial charge in [-0.15, -0.1) is 5.10 Å². The van der Waals surface area contributed by atoms with Crippen LogP contribution in [0, 0.1) is 11.3 Å². The summed E-state index contributed by atoms with van der Waals surface area (Å²) in [4.78, 5) is 21.0. The van der Waals surface area contributed by atoms with Crippen molar-refractivity contribution in [1.82, 2.24) is 25.1 Å². The topological polar surface area (TPSA) is 131 Å². The van der Waals surface area contributed by atoms with Crippen molar-refractivity contribution >= 4 is 27.3 Å². The van der Waals surface area contributed by atoms with Crippen LogP contribution in [-0.4, -0.2) is 46.0 Å². The van der Waals surface area contributed by atoms with Crippen LogP contribution in [0.1, 0.15) is 59.3 Å². The standard InChI is InChI=1S/C22H18ClF3N6O3S/c1-12(20-30-19(14-3-4-14)31-32(20)18-5-2-13(9-27)10-28-18)29-21(33)15-6-16(23)8-17(7-15)36(34,35)11-22(24,25)26/h2,5-8,10,12,14H,3-4,11H2,1H3,(H,29,33)/t12-/m0/s1. The third-order valence-corrected chi connectivity index (χ3v) is 7.15. The third kappa shape index (κ3) is 5.83. The number of pyridine rings is 1. The number of benzene rings is 1. The Labute approximate surface area is 208 Å². The zero-order valence-corrected chi connectivity index (χ0v) is 20.2. The molecule has 188 valence electrons. The highest BCUT2D eigenvalue weighted by atomic mass is 35.5. The van der Waals surface area contributed by atoms with E-state index < -0.39 is 38.6 Å². The van der Waals surface area contributed by atoms with Crippen molar-refractivity contribution in [3.63, 3.8) is 0 Å². The van der Waals surface area contributed by atoms with Gasteiger partial charge in [-0.3, -0.25) is 4.79 Å². The lowest BCUT2D eigenvalue weighted by Gasteiger charge is -2.15. The maximum atomic E-state index is 12.9. The lowest BCUT2D eigenvalue weighted by atomic mass is 10.2. The van der Waals surface area contributed by atoms with Gasteiger partial charge in [-0.1, -0.05) is 11.6 Å². The van der Waals surface area contributed by atoms with Crippen LogP contribution in [0.25, 0.3) is 5.82 Å². The lowest BCUT2D eigenvalue weighted by molar-refractivity contribution is -0.106. The summed E-state index contributed by atoms with van der Waals surface area (Å²) < 4.78 is 63.9. The first-order chi connectivity index (χ1) is 16.9. The van der Waals surface area contributed by atoms with E-state index in [1.165, 1.54) is 10.9 Å². The first-order valence-corrected chi connectivity index (χ1v) is 12.6. The van der Waals surface area contributed by atoms with Crippen molar-refractivity contribution in [2.75, 3.05) is 5.75 Å². The first kappa shape index (κ1) is 25.6. The minimum atomic E-state index is -4.96. The van der Waals surface area contributed by atoms with E-state index in [2.05, 4.69) is 20.4 Å². The Balaban J connectivity index is 1.62. The fourth-order valence-electron chi connectivity index (χ4n) is 3.40. The van der Waals surface area contributed by atoms with Crippen molar-refractivity contribution in [3.05, 3.63) is 64.3 Å². The van der Waals surface area contributed by atoms with Crippen molar-refractivity contribution in [1.29, 1.82) is 5.26 Å². The number of alkyl halides is 3. The second-order valence-corrected chi connectivity index (χ2v) is 10.7. The quantitative estimate of drug-likeness (QED) is 0.483. The SMILES string of the molecule is C[C@H](NC(=O)c1cc(Cl)cc(S(=O)(=O)CC(F)(F)F)c1)c1nc(C2CC2)nn1-c1ccc(C#N)cn1. The van der Waals surface area contributed by atoms with E-state index in [9.17, 15) is 26.4 Å². The molecule has 1 saturated carbocycles. The molecule has 1 N–H and O–H groups in total. The Kier molecular flexibility index (Phi) is 6.76. The van der Waals surface area contributed by atoms with Crippen molar-refractivity contribution in [2.24, 2.45) is 0 Å². The molecule has 4 rings (SSSR count). The van der Waals surface area contributed by atoms with E-state index in [-0.39, 0.29) is 16.5 Å². The van der Waals surface area contributed by atoms with E-state index in [1.807, 2.05) is 6.07 Å². The Morgan fingerprint density at radius 1 is 1.31 bits per heavy atom. The van der Waals surface area contributed by atoms with Gasteiger partial charge >= 0.3 is 6.18 Å². The zero-order chi connectivity index (χ0) is 26.3. The fourth-order valence-corrected chi connectivity index (χ4v) is 4.91. The summed E-state index contributed by atoms with van der Waals surface area (Å²) in [6, 6.07) is 7.21. The lowest BCUT2D eigenvalue weighted by Crippen LogP contribution is -2.29. The summed E-state index contributed by atoms with van der Waals surface area (Å²) in [6.45, 7) is 1.62. The van der Waals surface area contributed by atoms with Gasteiger partial charge in [0.25, 0.3) is 5.91 Å². The van der Waals surface area contributed by atoms with Crippen LogP contribution < -0.4 is 5.32 Å². The zero-order valence-electron chi connectivity index (χ0n) is 18.6. The van der Waals surface area contributed by atoms with Crippen LogP contribution in [-0.2, 0) is 9.84 Å². The molecular weight excluding hydrogens is 521 g/mol. The van der Waals surface area contributed by atoms with Gasteiger partial charge in [0.15, 0.2) is 33.1 Å². The Morgan fingerprint density at radius 2 is 2.03 bits per heavy atom. The smallest absolute Gasteiger partial charge is 0.342 e. The van der Waals surface area contributed by atoms with Gasteiger partial charge in [-0.05, 0) is 50.1 Å². The number of halogens is 4. The van der Waals surface area contributed by atoms with E-state index >= 15 is 0 Å². The van der Waals surface area contributed by atoms with Crippen LogP contribution >= 0.6 is 11.6 Å². The second-order valence-electron chi connectivity index (χ2n) is 8.28. The summed E-state index contributed by atoms with van der Waals surface area (Å²) >= 11 is 5.92. The van der Waals surface area contributed by atoms with Gasteiger partial charge in [-0.25, -0.2) is 18.4 Å². The van der Waals surface area contributed by atoms with Crippen LogP contribution in [0.15, 0.2) is 41.4 Å². The predicted molar refractivity (Wildman–Crippen MR) is 121 cm³/mol. The average Bonchev–Trinajstić information content (AvgIpc) is 3.55. The number of sulfone groups is 1. The molecule has 1 aliphatic carbocycles. The molecule has 1 fully saturated rings. The minimum Gasteiger partial charge on any atom is -0.342 e. The van der Waals surface area contributed by atoms with Gasteiger partial charge in [0, 0.05) is 22.7 Å². The fraction of sp³-hybridized carbons (Fsp3) is 0.318. The maximum Gasteiger partial charge on any atom is 0.403 e. The molecule has 1 aliphatic rings. The van der Waals surface area contributed by atoms with Crippen molar-refractivity contribution in [3.8, 4) is 11.9 Å². The summed E-state index contributed by atoms with van der Waals surface area (Å²) in [6.07, 6.45) is -1.75. The molecule has 3 aromatic rings. The largest absolute Gasteiger partial charge is 0.403 e. The molecule has 2 heterocycles. The van der Waals surface area contributed by atoms with Crippen LogP contribution in [0.2, 0.25) is 5.02 Å². The average molecular weight is 539 g/mol. The molecule has 9 nitrogen and oxygen atoms in total. The molecule has 0 unspecified atom stereocenters. The highest BCUT2D eigenvalue weighted by molar-refractivity contribution is 7.91. The highest BCUT2D eigenvalue weighted by Crippen LogP contribution is 2.38. The van der Waals surface area contributed by atoms with E-state index in [0.29, 0.717) is 23.0 Å². The van der Waals surface area contributed by atoms with Crippen molar-refractivity contribution in [2.45, 2.75) is 42.8 Å². The summed E-state index contributed by atoms with van der Waals surface area (Å²) in [5.41, 5.74) is 0.112. The molecule has 14 heteroatoms.